The second kappa shape index (κ2) is 5.02. The molecule has 2 aliphatic heterocycles. The zero-order valence-corrected chi connectivity index (χ0v) is 11.5. The third-order valence-corrected chi connectivity index (χ3v) is 4.25. The van der Waals surface area contributed by atoms with Gasteiger partial charge in [-0.2, -0.15) is 5.10 Å². The van der Waals surface area contributed by atoms with Gasteiger partial charge in [0.2, 0.25) is 0 Å². The molecular formula is C14H24N4. The highest BCUT2D eigenvalue weighted by Crippen LogP contribution is 2.25. The molecule has 1 aromatic rings. The van der Waals surface area contributed by atoms with Gasteiger partial charge >= 0.3 is 0 Å². The Balaban J connectivity index is 1.59. The van der Waals surface area contributed by atoms with Crippen LogP contribution in [0.2, 0.25) is 0 Å². The molecule has 0 unspecified atom stereocenters. The molecule has 2 atom stereocenters. The number of aromatic nitrogens is 2. The zero-order chi connectivity index (χ0) is 12.5. The van der Waals surface area contributed by atoms with Crippen molar-refractivity contribution < 1.29 is 0 Å². The summed E-state index contributed by atoms with van der Waals surface area (Å²) in [5, 5.41) is 8.30. The van der Waals surface area contributed by atoms with Crippen LogP contribution in [0.1, 0.15) is 38.4 Å². The molecule has 3 rings (SSSR count). The topological polar surface area (TPSA) is 33.1 Å². The van der Waals surface area contributed by atoms with Crippen molar-refractivity contribution in [2.45, 2.75) is 45.3 Å². The number of nitrogens with zero attached hydrogens (tertiary/aromatic N) is 3. The van der Waals surface area contributed by atoms with Crippen LogP contribution in [0.25, 0.3) is 0 Å². The minimum atomic E-state index is 0.460. The van der Waals surface area contributed by atoms with Gasteiger partial charge in [0.1, 0.15) is 0 Å². The van der Waals surface area contributed by atoms with Gasteiger partial charge in [-0.15, -0.1) is 0 Å². The first-order valence-corrected chi connectivity index (χ1v) is 7.22. The van der Waals surface area contributed by atoms with E-state index >= 15 is 0 Å². The summed E-state index contributed by atoms with van der Waals surface area (Å²) in [5.74, 6) is 0.867. The third-order valence-electron chi connectivity index (χ3n) is 4.25. The van der Waals surface area contributed by atoms with Gasteiger partial charge in [-0.1, -0.05) is 0 Å². The number of rotatable bonds is 3. The van der Waals surface area contributed by atoms with Crippen LogP contribution in [0.4, 0.5) is 0 Å². The molecule has 0 radical (unpaired) electrons. The lowest BCUT2D eigenvalue weighted by Gasteiger charge is -2.24. The number of likely N-dealkylation sites (tertiary alicyclic amines) is 1. The van der Waals surface area contributed by atoms with Crippen molar-refractivity contribution in [2.24, 2.45) is 5.92 Å². The smallest absolute Gasteiger partial charge is 0.0764 e. The molecule has 0 aromatic carbocycles. The van der Waals surface area contributed by atoms with Crippen molar-refractivity contribution in [3.63, 3.8) is 0 Å². The molecule has 1 aromatic heterocycles. The minimum absolute atomic E-state index is 0.460. The Hall–Kier alpha value is -0.870. The normalized spacial score (nSPS) is 28.8. The van der Waals surface area contributed by atoms with Crippen LogP contribution in [-0.4, -0.2) is 40.4 Å². The van der Waals surface area contributed by atoms with Crippen molar-refractivity contribution >= 4 is 0 Å². The average Bonchev–Trinajstić information content (AvgIpc) is 2.94. The van der Waals surface area contributed by atoms with Gasteiger partial charge < -0.3 is 5.32 Å². The molecule has 1 N–H and O–H groups in total. The van der Waals surface area contributed by atoms with Crippen LogP contribution in [-0.2, 0) is 6.54 Å². The molecule has 4 nitrogen and oxygen atoms in total. The Kier molecular flexibility index (Phi) is 3.39. The summed E-state index contributed by atoms with van der Waals surface area (Å²) in [7, 11) is 0. The summed E-state index contributed by atoms with van der Waals surface area (Å²) in [6, 6.07) is 3.35. The molecule has 2 aliphatic rings. The second-order valence-corrected chi connectivity index (χ2v) is 6.04. The van der Waals surface area contributed by atoms with Gasteiger partial charge in [0.25, 0.3) is 0 Å². The molecule has 100 valence electrons. The van der Waals surface area contributed by atoms with Crippen molar-refractivity contribution in [1.29, 1.82) is 0 Å². The van der Waals surface area contributed by atoms with E-state index in [2.05, 4.69) is 46.1 Å². The van der Waals surface area contributed by atoms with Gasteiger partial charge in [0.15, 0.2) is 0 Å². The Bertz CT molecular complexity index is 384. The molecule has 2 fully saturated rings. The van der Waals surface area contributed by atoms with E-state index in [1.807, 2.05) is 0 Å². The molecule has 0 saturated carbocycles. The number of nitrogens with one attached hydrogen (secondary N) is 1. The van der Waals surface area contributed by atoms with E-state index in [9.17, 15) is 0 Å². The molecule has 4 heteroatoms. The Labute approximate surface area is 109 Å². The summed E-state index contributed by atoms with van der Waals surface area (Å²) < 4.78 is 2.05. The summed E-state index contributed by atoms with van der Waals surface area (Å²) in [6.07, 6.45) is 4.84. The fraction of sp³-hybridized carbons (Fsp3) is 0.786. The van der Waals surface area contributed by atoms with Crippen molar-refractivity contribution in [3.05, 3.63) is 18.0 Å². The van der Waals surface area contributed by atoms with Crippen LogP contribution in [0.5, 0.6) is 0 Å². The van der Waals surface area contributed by atoms with E-state index in [1.165, 1.54) is 38.2 Å². The van der Waals surface area contributed by atoms with Gasteiger partial charge in [-0.05, 0) is 45.2 Å². The summed E-state index contributed by atoms with van der Waals surface area (Å²) in [5.41, 5.74) is 1.21. The van der Waals surface area contributed by atoms with Crippen LogP contribution in [0, 0.1) is 5.92 Å². The highest BCUT2D eigenvalue weighted by molar-refractivity contribution is 5.02. The summed E-state index contributed by atoms with van der Waals surface area (Å²) in [6.45, 7) is 8.99. The number of fused-ring (bicyclic) bond motifs is 1. The van der Waals surface area contributed by atoms with Crippen LogP contribution in [0.3, 0.4) is 0 Å². The van der Waals surface area contributed by atoms with Crippen LogP contribution in [0.15, 0.2) is 12.3 Å². The Morgan fingerprint density at radius 3 is 3.06 bits per heavy atom. The maximum absolute atomic E-state index is 4.65. The van der Waals surface area contributed by atoms with Crippen molar-refractivity contribution in [2.75, 3.05) is 19.6 Å². The molecule has 18 heavy (non-hydrogen) atoms. The molecule has 2 saturated heterocycles. The molecule has 3 heterocycles. The van der Waals surface area contributed by atoms with E-state index in [1.54, 1.807) is 0 Å². The Morgan fingerprint density at radius 1 is 1.44 bits per heavy atom. The highest BCUT2D eigenvalue weighted by Gasteiger charge is 2.34. The Morgan fingerprint density at radius 2 is 2.33 bits per heavy atom. The quantitative estimate of drug-likeness (QED) is 0.883. The zero-order valence-electron chi connectivity index (χ0n) is 11.5. The first kappa shape index (κ1) is 12.2. The summed E-state index contributed by atoms with van der Waals surface area (Å²) in [4.78, 5) is 2.56. The van der Waals surface area contributed by atoms with Gasteiger partial charge in [-0.3, -0.25) is 9.58 Å². The largest absolute Gasteiger partial charge is 0.312 e. The summed E-state index contributed by atoms with van der Waals surface area (Å²) >= 11 is 0. The highest BCUT2D eigenvalue weighted by atomic mass is 15.3. The predicted octanol–water partition coefficient (Wildman–Crippen LogP) is 1.65. The number of hydrogen-bond acceptors (Lipinski definition) is 3. The molecule has 0 bridgehead atoms. The molecule has 0 amide bonds. The van der Waals surface area contributed by atoms with Crippen molar-refractivity contribution in [1.82, 2.24) is 20.0 Å². The lowest BCUT2D eigenvalue weighted by molar-refractivity contribution is 0.307. The second-order valence-electron chi connectivity index (χ2n) is 6.04. The average molecular weight is 248 g/mol. The minimum Gasteiger partial charge on any atom is -0.312 e. The van der Waals surface area contributed by atoms with E-state index in [0.29, 0.717) is 6.04 Å². The monoisotopic (exact) mass is 248 g/mol. The van der Waals surface area contributed by atoms with Gasteiger partial charge in [0, 0.05) is 37.9 Å². The fourth-order valence-electron chi connectivity index (χ4n) is 3.24. The van der Waals surface area contributed by atoms with Gasteiger partial charge in [0.05, 0.1) is 5.69 Å². The SMILES string of the molecule is CC(C)n1ccc(CN2C[C@@H]3CCCN[C@@H]3C2)n1. The van der Waals surface area contributed by atoms with Crippen LogP contribution >= 0.6 is 0 Å². The maximum atomic E-state index is 4.65. The molecule has 0 spiro atoms. The fourth-order valence-corrected chi connectivity index (χ4v) is 3.24. The standard InChI is InChI=1S/C14H24N4/c1-11(2)18-7-5-13(16-18)9-17-8-12-4-3-6-15-14(12)10-17/h5,7,11-12,14-15H,3-4,6,8-10H2,1-2H3/t12-,14+/m0/s1. The lowest BCUT2D eigenvalue weighted by atomic mass is 9.94. The van der Waals surface area contributed by atoms with E-state index in [4.69, 9.17) is 0 Å². The maximum Gasteiger partial charge on any atom is 0.0764 e. The van der Waals surface area contributed by atoms with Gasteiger partial charge in [-0.25, -0.2) is 0 Å². The lowest BCUT2D eigenvalue weighted by Crippen LogP contribution is -2.40. The third kappa shape index (κ3) is 2.45. The first-order valence-electron chi connectivity index (χ1n) is 7.22. The predicted molar refractivity (Wildman–Crippen MR) is 72.4 cm³/mol. The first-order chi connectivity index (χ1) is 8.72. The van der Waals surface area contributed by atoms with E-state index in [-0.39, 0.29) is 0 Å². The van der Waals surface area contributed by atoms with Crippen molar-refractivity contribution in [3.8, 4) is 0 Å². The van der Waals surface area contributed by atoms with Crippen LogP contribution < -0.4 is 5.32 Å². The molecule has 0 aliphatic carbocycles. The molecular weight excluding hydrogens is 224 g/mol. The number of piperidine rings is 1. The number of hydrogen-bond donors (Lipinski definition) is 1. The van der Waals surface area contributed by atoms with E-state index in [0.717, 1.165) is 18.5 Å². The van der Waals surface area contributed by atoms with E-state index < -0.39 is 0 Å².